The molecule has 2 unspecified atom stereocenters. The predicted molar refractivity (Wildman–Crippen MR) is 201 cm³/mol. The Bertz CT molecular complexity index is 1630. The number of rotatable bonds is 17. The first-order valence-electron chi connectivity index (χ1n) is 18.0. The Morgan fingerprint density at radius 2 is 1.49 bits per heavy atom. The van der Waals surface area contributed by atoms with Crippen LogP contribution in [0.4, 0.5) is 4.79 Å². The van der Waals surface area contributed by atoms with Crippen molar-refractivity contribution in [3.05, 3.63) is 95.6 Å². The van der Waals surface area contributed by atoms with E-state index in [9.17, 15) is 14.9 Å². The quantitative estimate of drug-likeness (QED) is 0.0877. The minimum absolute atomic E-state index is 0.0583. The van der Waals surface area contributed by atoms with Crippen molar-refractivity contribution in [2.45, 2.75) is 83.6 Å². The van der Waals surface area contributed by atoms with E-state index in [0.717, 1.165) is 16.7 Å². The molecule has 0 bridgehead atoms. The van der Waals surface area contributed by atoms with Gasteiger partial charge in [0.1, 0.15) is 29.4 Å². The maximum Gasteiger partial charge on any atom is 0.326 e. The fourth-order valence-electron chi connectivity index (χ4n) is 6.85. The number of nitrogens with one attached hydrogen (secondary N) is 1. The van der Waals surface area contributed by atoms with Gasteiger partial charge in [0.2, 0.25) is 5.91 Å². The normalized spacial score (nSPS) is 21.2. The van der Waals surface area contributed by atoms with Crippen molar-refractivity contribution in [2.24, 2.45) is 5.92 Å². The molecule has 3 amide bonds. The molecule has 0 saturated carbocycles. The molecular formula is C40H51N4O8P. The highest BCUT2D eigenvalue weighted by atomic mass is 31.2. The van der Waals surface area contributed by atoms with Crippen molar-refractivity contribution < 1.29 is 37.6 Å². The number of amides is 3. The number of imide groups is 1. The van der Waals surface area contributed by atoms with E-state index in [0.29, 0.717) is 17.9 Å². The van der Waals surface area contributed by atoms with Gasteiger partial charge >= 0.3 is 6.03 Å². The molecule has 0 spiro atoms. The minimum atomic E-state index is -1.65. The zero-order chi connectivity index (χ0) is 38.1. The second-order valence-corrected chi connectivity index (χ2v) is 15.1. The first-order chi connectivity index (χ1) is 25.5. The van der Waals surface area contributed by atoms with E-state index >= 15 is 0 Å². The molecule has 0 radical (unpaired) electrons. The Hall–Kier alpha value is -4.08. The lowest BCUT2D eigenvalue weighted by Crippen LogP contribution is -2.57. The number of hydrogen-bond acceptors (Lipinski definition) is 10. The van der Waals surface area contributed by atoms with Crippen LogP contribution in [0.1, 0.15) is 64.2 Å². The summed E-state index contributed by atoms with van der Waals surface area (Å²) in [6, 6.07) is 27.4. The third-order valence-corrected chi connectivity index (χ3v) is 11.6. The Labute approximate surface area is 314 Å². The van der Waals surface area contributed by atoms with E-state index in [1.807, 2.05) is 78.9 Å². The molecule has 0 aliphatic carbocycles. The van der Waals surface area contributed by atoms with Crippen LogP contribution in [0.5, 0.6) is 11.5 Å². The summed E-state index contributed by atoms with van der Waals surface area (Å²) in [4.78, 5) is 27.1. The van der Waals surface area contributed by atoms with Crippen LogP contribution >= 0.6 is 8.53 Å². The van der Waals surface area contributed by atoms with Gasteiger partial charge in [-0.15, -0.1) is 0 Å². The molecule has 53 heavy (non-hydrogen) atoms. The Morgan fingerprint density at radius 1 is 0.925 bits per heavy atom. The number of methoxy groups -OCH3 is 2. The molecular weight excluding hydrogens is 695 g/mol. The van der Waals surface area contributed by atoms with Crippen LogP contribution in [-0.2, 0) is 28.9 Å². The van der Waals surface area contributed by atoms with Crippen LogP contribution < -0.4 is 14.8 Å². The van der Waals surface area contributed by atoms with Gasteiger partial charge in [-0.05, 0) is 68.7 Å². The van der Waals surface area contributed by atoms with Crippen molar-refractivity contribution in [3.8, 4) is 17.6 Å². The highest BCUT2D eigenvalue weighted by Crippen LogP contribution is 2.50. The summed E-state index contributed by atoms with van der Waals surface area (Å²) in [5.74, 6) is 0.684. The van der Waals surface area contributed by atoms with E-state index in [2.05, 4.69) is 43.8 Å². The average molecular weight is 747 g/mol. The molecule has 3 aromatic carbocycles. The van der Waals surface area contributed by atoms with Crippen LogP contribution in [0, 0.1) is 17.2 Å². The summed E-state index contributed by atoms with van der Waals surface area (Å²) in [5.41, 5.74) is 1.48. The number of hydrogen-bond donors (Lipinski definition) is 1. The highest BCUT2D eigenvalue weighted by molar-refractivity contribution is 7.44. The monoisotopic (exact) mass is 746 g/mol. The molecule has 1 N–H and O–H groups in total. The lowest BCUT2D eigenvalue weighted by molar-refractivity contribution is -0.130. The van der Waals surface area contributed by atoms with Crippen molar-refractivity contribution in [3.63, 3.8) is 0 Å². The van der Waals surface area contributed by atoms with Crippen molar-refractivity contribution in [1.82, 2.24) is 14.9 Å². The molecule has 13 heteroatoms. The standard InChI is InChI=1S/C40H51N4O8P/c1-27(2)44(28(3)4)53(50-23-11-22-41)52-35-24-37(43-25-29(5)38(45)42-39(43)46)51-36(35)26-49-40(30-12-9-8-10-13-30,31-14-18-33(47-6)19-15-31)32-16-20-34(48-7)21-17-32/h8-10,12-21,27-29,35-37H,11,23-26H2,1-7H3,(H,42,45,46)/t29?,35-,36-,37-,53?/m1/s1. The second-order valence-electron chi connectivity index (χ2n) is 13.7. The third kappa shape index (κ3) is 9.18. The summed E-state index contributed by atoms with van der Waals surface area (Å²) >= 11 is 0. The number of carbonyl (C=O) groups is 2. The van der Waals surface area contributed by atoms with Gasteiger partial charge in [0, 0.05) is 25.0 Å². The summed E-state index contributed by atoms with van der Waals surface area (Å²) in [7, 11) is 1.61. The summed E-state index contributed by atoms with van der Waals surface area (Å²) < 4.78 is 40.3. The maximum atomic E-state index is 13.2. The van der Waals surface area contributed by atoms with Gasteiger partial charge in [-0.1, -0.05) is 61.5 Å². The predicted octanol–water partition coefficient (Wildman–Crippen LogP) is 6.98. The van der Waals surface area contributed by atoms with E-state index < -0.39 is 44.5 Å². The topological polar surface area (TPSA) is 132 Å². The highest BCUT2D eigenvalue weighted by Gasteiger charge is 2.47. The van der Waals surface area contributed by atoms with Gasteiger partial charge in [-0.3, -0.25) is 15.0 Å². The number of benzene rings is 3. The van der Waals surface area contributed by atoms with Crippen LogP contribution in [-0.4, -0.2) is 86.0 Å². The lowest BCUT2D eigenvalue weighted by Gasteiger charge is -2.39. The van der Waals surface area contributed by atoms with Gasteiger partial charge in [0.15, 0.2) is 0 Å². The number of nitrogens with zero attached hydrogens (tertiary/aromatic N) is 3. The lowest BCUT2D eigenvalue weighted by atomic mass is 9.80. The smallest absolute Gasteiger partial charge is 0.326 e. The fraction of sp³-hybridized carbons (Fsp3) is 0.475. The average Bonchev–Trinajstić information content (AvgIpc) is 3.56. The molecule has 2 saturated heterocycles. The van der Waals surface area contributed by atoms with Crippen LogP contribution in [0.15, 0.2) is 78.9 Å². The number of carbonyl (C=O) groups excluding carboxylic acids is 2. The Balaban J connectivity index is 1.57. The number of urea groups is 1. The molecule has 3 aromatic rings. The van der Waals surface area contributed by atoms with E-state index in [4.69, 9.17) is 28.0 Å². The minimum Gasteiger partial charge on any atom is -0.497 e. The van der Waals surface area contributed by atoms with Gasteiger partial charge < -0.3 is 28.0 Å². The fourth-order valence-corrected chi connectivity index (χ4v) is 8.61. The second kappa shape index (κ2) is 18.3. The molecule has 2 fully saturated rings. The van der Waals surface area contributed by atoms with Crippen molar-refractivity contribution >= 4 is 20.5 Å². The summed E-state index contributed by atoms with van der Waals surface area (Å²) in [6.45, 7) is 10.6. The van der Waals surface area contributed by atoms with Crippen LogP contribution in [0.3, 0.4) is 0 Å². The Kier molecular flexibility index (Phi) is 13.9. The number of nitriles is 1. The largest absolute Gasteiger partial charge is 0.497 e. The van der Waals surface area contributed by atoms with E-state index in [1.54, 1.807) is 26.0 Å². The van der Waals surface area contributed by atoms with Crippen LogP contribution in [0.25, 0.3) is 0 Å². The first-order valence-corrected chi connectivity index (χ1v) is 19.2. The molecule has 5 rings (SSSR count). The van der Waals surface area contributed by atoms with E-state index in [1.165, 1.54) is 0 Å². The summed E-state index contributed by atoms with van der Waals surface area (Å²) in [6.07, 6.45) is -1.40. The van der Waals surface area contributed by atoms with Gasteiger partial charge in [0.25, 0.3) is 8.53 Å². The zero-order valence-electron chi connectivity index (χ0n) is 31.6. The number of ether oxygens (including phenoxy) is 4. The van der Waals surface area contributed by atoms with Crippen molar-refractivity contribution in [1.29, 1.82) is 5.26 Å². The van der Waals surface area contributed by atoms with Crippen LogP contribution in [0.2, 0.25) is 0 Å². The maximum absolute atomic E-state index is 13.2. The Morgan fingerprint density at radius 3 is 2.02 bits per heavy atom. The molecule has 0 aromatic heterocycles. The SMILES string of the molecule is COc1ccc(C(OC[C@H]2O[C@@H](N3CC(C)C(=O)NC3=O)C[C@H]2OP(OCCC#N)N(C(C)C)C(C)C)(c2ccccc2)c2ccc(OC)cc2)cc1. The molecule has 284 valence electrons. The molecule has 2 heterocycles. The van der Waals surface area contributed by atoms with E-state index in [-0.39, 0.29) is 44.2 Å². The first kappa shape index (κ1) is 40.1. The third-order valence-electron chi connectivity index (χ3n) is 9.46. The summed E-state index contributed by atoms with van der Waals surface area (Å²) in [5, 5.41) is 11.8. The van der Waals surface area contributed by atoms with Gasteiger partial charge in [-0.2, -0.15) is 5.26 Å². The molecule has 2 aliphatic rings. The molecule has 2 aliphatic heterocycles. The van der Waals surface area contributed by atoms with Crippen molar-refractivity contribution in [2.75, 3.05) is 34.0 Å². The van der Waals surface area contributed by atoms with Gasteiger partial charge in [0.05, 0.1) is 51.9 Å². The molecule has 12 nitrogen and oxygen atoms in total. The molecule has 5 atom stereocenters. The van der Waals surface area contributed by atoms with Gasteiger partial charge in [-0.25, -0.2) is 9.46 Å². The zero-order valence-corrected chi connectivity index (χ0v) is 32.5.